The van der Waals surface area contributed by atoms with Crippen LogP contribution in [0, 0.1) is 5.82 Å². The Morgan fingerprint density at radius 1 is 1.19 bits per heavy atom. The number of halogens is 5. The van der Waals surface area contributed by atoms with Gasteiger partial charge in [-0.05, 0) is 23.8 Å². The molecule has 1 aliphatic rings. The fourth-order valence-corrected chi connectivity index (χ4v) is 2.61. The highest BCUT2D eigenvalue weighted by molar-refractivity contribution is 5.70. The minimum Gasteiger partial charge on any atom is -0.439 e. The third kappa shape index (κ3) is 4.44. The molecule has 0 aliphatic carbocycles. The molecule has 1 saturated heterocycles. The summed E-state index contributed by atoms with van der Waals surface area (Å²) in [6.07, 6.45) is -10.1. The van der Waals surface area contributed by atoms with Gasteiger partial charge in [-0.3, -0.25) is 0 Å². The first-order valence-electron chi connectivity index (χ1n) is 7.78. The number of amides is 1. The van der Waals surface area contributed by atoms with Gasteiger partial charge in [-0.25, -0.2) is 14.2 Å². The van der Waals surface area contributed by atoms with Crippen molar-refractivity contribution in [3.63, 3.8) is 0 Å². The van der Waals surface area contributed by atoms with Crippen LogP contribution in [0.5, 0.6) is 5.88 Å². The van der Waals surface area contributed by atoms with Crippen LogP contribution >= 0.6 is 0 Å². The Labute approximate surface area is 150 Å². The lowest BCUT2D eigenvalue weighted by Gasteiger charge is -2.18. The van der Waals surface area contributed by atoms with Crippen molar-refractivity contribution in [1.82, 2.24) is 10.3 Å². The van der Waals surface area contributed by atoms with Crippen LogP contribution in [0.4, 0.5) is 26.7 Å². The van der Waals surface area contributed by atoms with Gasteiger partial charge in [0.25, 0.3) is 0 Å². The maximum atomic E-state index is 13.1. The van der Waals surface area contributed by atoms with E-state index in [4.69, 9.17) is 4.74 Å². The van der Waals surface area contributed by atoms with E-state index in [-0.39, 0.29) is 12.1 Å². The molecule has 0 spiro atoms. The zero-order valence-corrected chi connectivity index (χ0v) is 13.5. The maximum Gasteiger partial charge on any atom is 0.462 e. The number of pyridine rings is 1. The molecule has 144 valence electrons. The summed E-state index contributed by atoms with van der Waals surface area (Å²) in [6.45, 7) is 0. The molecule has 27 heavy (non-hydrogen) atoms. The molecule has 1 aliphatic heterocycles. The average molecular weight is 388 g/mol. The zero-order chi connectivity index (χ0) is 19.6. The van der Waals surface area contributed by atoms with E-state index in [0.29, 0.717) is 5.56 Å². The Kier molecular flexibility index (Phi) is 5.15. The van der Waals surface area contributed by atoms with E-state index in [1.54, 1.807) is 0 Å². The summed E-state index contributed by atoms with van der Waals surface area (Å²) in [7, 11) is 0. The summed E-state index contributed by atoms with van der Waals surface area (Å²) in [4.78, 5) is 15.4. The van der Waals surface area contributed by atoms with Crippen molar-refractivity contribution < 1.29 is 36.2 Å². The molecule has 2 heterocycles. The van der Waals surface area contributed by atoms with Crippen LogP contribution in [-0.4, -0.2) is 29.7 Å². The van der Waals surface area contributed by atoms with E-state index in [1.807, 2.05) is 0 Å². The van der Waals surface area contributed by atoms with Gasteiger partial charge in [0, 0.05) is 18.2 Å². The van der Waals surface area contributed by atoms with E-state index in [2.05, 4.69) is 15.0 Å². The second kappa shape index (κ2) is 7.37. The highest BCUT2D eigenvalue weighted by atomic mass is 19.3. The topological polar surface area (TPSA) is 60.5 Å². The third-order valence-corrected chi connectivity index (χ3v) is 3.81. The Hall–Kier alpha value is -2.91. The number of hydrogen-bond acceptors (Lipinski definition) is 4. The van der Waals surface area contributed by atoms with Gasteiger partial charge in [-0.1, -0.05) is 18.2 Å². The van der Waals surface area contributed by atoms with Crippen LogP contribution in [0.2, 0.25) is 0 Å². The van der Waals surface area contributed by atoms with Gasteiger partial charge in [0.2, 0.25) is 5.88 Å². The lowest BCUT2D eigenvalue weighted by atomic mass is 9.99. The molecule has 0 bridgehead atoms. The van der Waals surface area contributed by atoms with Gasteiger partial charge in [-0.2, -0.15) is 17.6 Å². The number of nitrogens with one attached hydrogen (secondary N) is 1. The molecule has 0 saturated carbocycles. The number of carbonyl (C=O) groups excluding carboxylic acids is 1. The first kappa shape index (κ1) is 18.9. The van der Waals surface area contributed by atoms with Crippen LogP contribution < -0.4 is 10.1 Å². The second-order valence-corrected chi connectivity index (χ2v) is 5.76. The highest BCUT2D eigenvalue weighted by Crippen LogP contribution is 2.30. The van der Waals surface area contributed by atoms with Gasteiger partial charge in [0.1, 0.15) is 11.9 Å². The van der Waals surface area contributed by atoms with E-state index in [9.17, 15) is 26.7 Å². The number of benzene rings is 1. The Bertz CT molecular complexity index is 816. The first-order chi connectivity index (χ1) is 12.7. The molecule has 5 nitrogen and oxygen atoms in total. The first-order valence-corrected chi connectivity index (χ1v) is 7.78. The quantitative estimate of drug-likeness (QED) is 0.764. The summed E-state index contributed by atoms with van der Waals surface area (Å²) in [5.74, 6) is -1.14. The van der Waals surface area contributed by atoms with E-state index < -0.39 is 42.5 Å². The molecule has 0 radical (unpaired) electrons. The van der Waals surface area contributed by atoms with E-state index in [0.717, 1.165) is 6.07 Å². The largest absolute Gasteiger partial charge is 0.462 e. The number of alkyl halides is 4. The Morgan fingerprint density at radius 3 is 2.56 bits per heavy atom. The Morgan fingerprint density at radius 2 is 1.89 bits per heavy atom. The number of alkyl carbamates (subject to hydrolysis) is 1. The SMILES string of the molecule is O=C1NC(Cc2cccc(OC(F)(F)C(F)F)n2)C(c2ccc(F)cc2)O1. The predicted molar refractivity (Wildman–Crippen MR) is 82.1 cm³/mol. The molecule has 3 rings (SSSR count). The lowest BCUT2D eigenvalue weighted by molar-refractivity contribution is -0.254. The summed E-state index contributed by atoms with van der Waals surface area (Å²) in [5.41, 5.74) is 0.733. The number of aromatic nitrogens is 1. The highest BCUT2D eigenvalue weighted by Gasteiger charge is 2.44. The molecular formula is C17H13F5N2O3. The normalized spacial score (nSPS) is 19.7. The molecule has 10 heteroatoms. The number of ether oxygens (including phenoxy) is 2. The van der Waals surface area contributed by atoms with Crippen molar-refractivity contribution in [2.24, 2.45) is 0 Å². The van der Waals surface area contributed by atoms with Crippen LogP contribution in [0.3, 0.4) is 0 Å². The molecular weight excluding hydrogens is 375 g/mol. The third-order valence-electron chi connectivity index (χ3n) is 3.81. The van der Waals surface area contributed by atoms with E-state index >= 15 is 0 Å². The summed E-state index contributed by atoms with van der Waals surface area (Å²) in [6, 6.07) is 8.47. The van der Waals surface area contributed by atoms with Crippen LogP contribution in [0.15, 0.2) is 42.5 Å². The molecule has 1 aromatic heterocycles. The van der Waals surface area contributed by atoms with Crippen molar-refractivity contribution in [1.29, 1.82) is 0 Å². The van der Waals surface area contributed by atoms with Crippen LogP contribution in [0.25, 0.3) is 0 Å². The zero-order valence-electron chi connectivity index (χ0n) is 13.5. The number of nitrogens with zero attached hydrogens (tertiary/aromatic N) is 1. The van der Waals surface area contributed by atoms with Gasteiger partial charge in [-0.15, -0.1) is 0 Å². The molecule has 2 unspecified atom stereocenters. The van der Waals surface area contributed by atoms with Gasteiger partial charge < -0.3 is 14.8 Å². The minimum absolute atomic E-state index is 0.0469. The van der Waals surface area contributed by atoms with Gasteiger partial charge in [0.15, 0.2) is 0 Å². The number of cyclic esters (lactones) is 1. The Balaban J connectivity index is 1.76. The fraction of sp³-hybridized carbons (Fsp3) is 0.294. The van der Waals surface area contributed by atoms with Crippen LogP contribution in [0.1, 0.15) is 17.4 Å². The minimum atomic E-state index is -4.67. The van der Waals surface area contributed by atoms with Gasteiger partial charge >= 0.3 is 18.6 Å². The lowest BCUT2D eigenvalue weighted by Crippen LogP contribution is -2.34. The molecule has 1 aromatic carbocycles. The molecule has 1 fully saturated rings. The molecule has 2 aromatic rings. The standard InChI is InChI=1S/C17H13F5N2O3/c18-10-6-4-9(5-7-10)14-12(24-16(25)26-14)8-11-2-1-3-13(23-11)27-17(21,22)15(19)20/h1-7,12,14-15H,8H2,(H,24,25). The average Bonchev–Trinajstić information content (AvgIpc) is 2.95. The summed E-state index contributed by atoms with van der Waals surface area (Å²) >= 11 is 0. The smallest absolute Gasteiger partial charge is 0.439 e. The van der Waals surface area contributed by atoms with Gasteiger partial charge in [0.05, 0.1) is 6.04 Å². The summed E-state index contributed by atoms with van der Waals surface area (Å²) < 4.78 is 72.7. The second-order valence-electron chi connectivity index (χ2n) is 5.76. The van der Waals surface area contributed by atoms with E-state index in [1.165, 1.54) is 36.4 Å². The number of rotatable bonds is 6. The van der Waals surface area contributed by atoms with Crippen molar-refractivity contribution in [2.75, 3.05) is 0 Å². The van der Waals surface area contributed by atoms with Crippen LogP contribution in [-0.2, 0) is 11.2 Å². The molecule has 1 N–H and O–H groups in total. The van der Waals surface area contributed by atoms with Crippen molar-refractivity contribution in [3.8, 4) is 5.88 Å². The predicted octanol–water partition coefficient (Wildman–Crippen LogP) is 3.85. The molecule has 1 amide bonds. The maximum absolute atomic E-state index is 13.1. The summed E-state index contributed by atoms with van der Waals surface area (Å²) in [5, 5.41) is 2.55. The monoisotopic (exact) mass is 388 g/mol. The number of carbonyl (C=O) groups is 1. The van der Waals surface area contributed by atoms with Crippen molar-refractivity contribution >= 4 is 6.09 Å². The van der Waals surface area contributed by atoms with Crippen molar-refractivity contribution in [3.05, 3.63) is 59.5 Å². The fourth-order valence-electron chi connectivity index (χ4n) is 2.61. The molecule has 2 atom stereocenters. The van der Waals surface area contributed by atoms with Crippen molar-refractivity contribution in [2.45, 2.75) is 31.1 Å². The number of hydrogen-bond donors (Lipinski definition) is 1.